The first-order valence-electron chi connectivity index (χ1n) is 9.14. The summed E-state index contributed by atoms with van der Waals surface area (Å²) in [6, 6.07) is 17.4. The van der Waals surface area contributed by atoms with Crippen LogP contribution >= 0.6 is 0 Å². The van der Waals surface area contributed by atoms with Crippen LogP contribution in [0.25, 0.3) is 0 Å². The van der Waals surface area contributed by atoms with Gasteiger partial charge in [0.2, 0.25) is 20.0 Å². The Morgan fingerprint density at radius 2 is 1.00 bits per heavy atom. The number of hydrogen-bond acceptors (Lipinski definition) is 4. The van der Waals surface area contributed by atoms with Gasteiger partial charge < -0.3 is 0 Å². The third-order valence-electron chi connectivity index (χ3n) is 4.15. The number of anilines is 2. The molecule has 2 aromatic rings. The van der Waals surface area contributed by atoms with Crippen LogP contribution in [0.5, 0.6) is 0 Å². The summed E-state index contributed by atoms with van der Waals surface area (Å²) in [4.78, 5) is 0. The van der Waals surface area contributed by atoms with Gasteiger partial charge in [0.15, 0.2) is 0 Å². The highest BCUT2D eigenvalue weighted by Gasteiger charge is 2.25. The van der Waals surface area contributed by atoms with E-state index in [9.17, 15) is 16.8 Å². The summed E-state index contributed by atoms with van der Waals surface area (Å²) in [5.41, 5.74) is 1.04. The van der Waals surface area contributed by atoms with Crippen molar-refractivity contribution in [1.29, 1.82) is 0 Å². The summed E-state index contributed by atoms with van der Waals surface area (Å²) in [7, 11) is -7.41. The molecule has 8 heteroatoms. The summed E-state index contributed by atoms with van der Waals surface area (Å²) in [5.74, 6) is -0.572. The minimum atomic E-state index is -3.70. The van der Waals surface area contributed by atoms with Crippen molar-refractivity contribution in [3.8, 4) is 0 Å². The molecule has 0 aromatic heterocycles. The van der Waals surface area contributed by atoms with Crippen LogP contribution in [-0.2, 0) is 20.0 Å². The second kappa shape index (κ2) is 10.3. The molecule has 2 rings (SSSR count). The van der Waals surface area contributed by atoms with Gasteiger partial charge >= 0.3 is 0 Å². The van der Waals surface area contributed by atoms with E-state index < -0.39 is 20.0 Å². The Morgan fingerprint density at radius 1 is 0.655 bits per heavy atom. The van der Waals surface area contributed by atoms with Crippen molar-refractivity contribution in [2.24, 2.45) is 0 Å². The summed E-state index contributed by atoms with van der Waals surface area (Å²) in [5, 5.41) is 0. The summed E-state index contributed by atoms with van der Waals surface area (Å²) < 4.78 is 53.8. The molecule has 0 heterocycles. The third kappa shape index (κ3) is 6.20. The monoisotopic (exact) mass is 434 g/mol. The Labute approximate surface area is 173 Å². The van der Waals surface area contributed by atoms with Crippen molar-refractivity contribution >= 4 is 31.4 Å². The van der Waals surface area contributed by atoms with Crippen LogP contribution in [0.4, 0.5) is 11.4 Å². The second-order valence-electron chi connectivity index (χ2n) is 6.30. The zero-order valence-corrected chi connectivity index (χ0v) is 17.9. The van der Waals surface area contributed by atoms with Gasteiger partial charge in [-0.3, -0.25) is 8.61 Å². The van der Waals surface area contributed by atoms with Crippen LogP contribution < -0.4 is 8.61 Å². The van der Waals surface area contributed by atoms with Crippen molar-refractivity contribution < 1.29 is 16.8 Å². The normalized spacial score (nSPS) is 11.6. The molecule has 0 spiro atoms. The Morgan fingerprint density at radius 3 is 1.31 bits per heavy atom. The van der Waals surface area contributed by atoms with Gasteiger partial charge in [0.1, 0.15) is 0 Å². The lowest BCUT2D eigenvalue weighted by Crippen LogP contribution is -2.36. The SMILES string of the molecule is C=CCN(c1ccccc1)S(=O)(=O)CCCS(=O)(=O)N(CC=C)c1ccccc1. The van der Waals surface area contributed by atoms with E-state index in [2.05, 4.69) is 13.2 Å². The van der Waals surface area contributed by atoms with E-state index >= 15 is 0 Å². The maximum atomic E-state index is 12.8. The van der Waals surface area contributed by atoms with Crippen molar-refractivity contribution in [1.82, 2.24) is 0 Å². The Hall–Kier alpha value is -2.58. The van der Waals surface area contributed by atoms with Crippen LogP contribution in [-0.4, -0.2) is 41.4 Å². The molecule has 0 radical (unpaired) electrons. The van der Waals surface area contributed by atoms with Crippen molar-refractivity contribution in [2.75, 3.05) is 33.2 Å². The number of hydrogen-bond donors (Lipinski definition) is 0. The Balaban J connectivity index is 2.13. The van der Waals surface area contributed by atoms with E-state index in [1.807, 2.05) is 0 Å². The van der Waals surface area contributed by atoms with Gasteiger partial charge in [-0.05, 0) is 30.7 Å². The average Bonchev–Trinajstić information content (AvgIpc) is 2.71. The Kier molecular flexibility index (Phi) is 8.04. The van der Waals surface area contributed by atoms with Crippen LogP contribution in [0.1, 0.15) is 6.42 Å². The van der Waals surface area contributed by atoms with Gasteiger partial charge in [-0.25, -0.2) is 16.8 Å². The van der Waals surface area contributed by atoms with Crippen LogP contribution in [0, 0.1) is 0 Å². The average molecular weight is 435 g/mol. The molecule has 2 aromatic carbocycles. The molecule has 156 valence electrons. The van der Waals surface area contributed by atoms with Gasteiger partial charge in [0.25, 0.3) is 0 Å². The Bertz CT molecular complexity index is 922. The second-order valence-corrected chi connectivity index (χ2v) is 10.3. The summed E-state index contributed by atoms with van der Waals surface area (Å²) >= 11 is 0. The minimum Gasteiger partial charge on any atom is -0.266 e. The van der Waals surface area contributed by atoms with Crippen LogP contribution in [0.2, 0.25) is 0 Å². The molecule has 0 fully saturated rings. The highest BCUT2D eigenvalue weighted by molar-refractivity contribution is 7.93. The molecule has 6 nitrogen and oxygen atoms in total. The quantitative estimate of drug-likeness (QED) is 0.480. The molecule has 0 aliphatic carbocycles. The van der Waals surface area contributed by atoms with Gasteiger partial charge in [-0.2, -0.15) is 0 Å². The van der Waals surface area contributed by atoms with E-state index in [-0.39, 0.29) is 31.0 Å². The molecular weight excluding hydrogens is 408 g/mol. The highest BCUT2D eigenvalue weighted by atomic mass is 32.2. The zero-order chi connectivity index (χ0) is 21.3. The summed E-state index contributed by atoms with van der Waals surface area (Å²) in [6.45, 7) is 7.47. The number of nitrogens with zero attached hydrogens (tertiary/aromatic N) is 2. The molecule has 0 aliphatic rings. The van der Waals surface area contributed by atoms with Gasteiger partial charge in [0.05, 0.1) is 36.0 Å². The fraction of sp³-hybridized carbons (Fsp3) is 0.238. The molecule has 0 saturated carbocycles. The largest absolute Gasteiger partial charge is 0.266 e. The molecule has 0 atom stereocenters. The molecular formula is C21H26N2O4S2. The smallest absolute Gasteiger partial charge is 0.235 e. The molecule has 29 heavy (non-hydrogen) atoms. The number of rotatable bonds is 12. The summed E-state index contributed by atoms with van der Waals surface area (Å²) in [6.07, 6.45) is 2.98. The first-order valence-corrected chi connectivity index (χ1v) is 12.4. The molecule has 0 N–H and O–H groups in total. The number of benzene rings is 2. The molecule has 0 unspecified atom stereocenters. The fourth-order valence-electron chi connectivity index (χ4n) is 2.83. The first-order chi connectivity index (χ1) is 13.8. The molecule has 0 amide bonds. The first kappa shape index (κ1) is 22.7. The van der Waals surface area contributed by atoms with Crippen LogP contribution in [0.3, 0.4) is 0 Å². The minimum absolute atomic E-state index is 0.0222. The van der Waals surface area contributed by atoms with Gasteiger partial charge in [0, 0.05) is 0 Å². The zero-order valence-electron chi connectivity index (χ0n) is 16.2. The molecule has 0 aliphatic heterocycles. The topological polar surface area (TPSA) is 74.8 Å². The van der Waals surface area contributed by atoms with E-state index in [1.54, 1.807) is 60.7 Å². The van der Waals surface area contributed by atoms with Gasteiger partial charge in [-0.1, -0.05) is 48.6 Å². The lowest BCUT2D eigenvalue weighted by atomic mass is 10.3. The number of sulfonamides is 2. The van der Waals surface area contributed by atoms with E-state index in [0.29, 0.717) is 11.4 Å². The van der Waals surface area contributed by atoms with Crippen molar-refractivity contribution in [3.05, 3.63) is 86.0 Å². The maximum absolute atomic E-state index is 12.8. The van der Waals surface area contributed by atoms with E-state index in [1.165, 1.54) is 20.8 Å². The van der Waals surface area contributed by atoms with Crippen LogP contribution in [0.15, 0.2) is 86.0 Å². The van der Waals surface area contributed by atoms with E-state index in [4.69, 9.17) is 0 Å². The van der Waals surface area contributed by atoms with Crippen molar-refractivity contribution in [2.45, 2.75) is 6.42 Å². The standard InChI is InChI=1S/C21H26N2O4S2/c1-3-16-22(20-12-7-5-8-13-20)28(24,25)18-11-19-29(26,27)23(17-4-2)21-14-9-6-10-15-21/h3-10,12-15H,1-2,11,16-19H2. The number of para-hydroxylation sites is 2. The lowest BCUT2D eigenvalue weighted by molar-refractivity contribution is 0.586. The highest BCUT2D eigenvalue weighted by Crippen LogP contribution is 2.21. The molecule has 0 bridgehead atoms. The van der Waals surface area contributed by atoms with Crippen molar-refractivity contribution in [3.63, 3.8) is 0 Å². The van der Waals surface area contributed by atoms with E-state index in [0.717, 1.165) is 0 Å². The predicted molar refractivity (Wildman–Crippen MR) is 120 cm³/mol. The predicted octanol–water partition coefficient (Wildman–Crippen LogP) is 3.42. The maximum Gasteiger partial charge on any atom is 0.235 e. The van der Waals surface area contributed by atoms with Gasteiger partial charge in [-0.15, -0.1) is 13.2 Å². The fourth-order valence-corrected chi connectivity index (χ4v) is 6.02. The molecule has 0 saturated heterocycles. The third-order valence-corrected chi connectivity index (χ3v) is 7.83. The lowest BCUT2D eigenvalue weighted by Gasteiger charge is -2.25.